The average molecular weight is 232 g/mol. The summed E-state index contributed by atoms with van der Waals surface area (Å²) < 4.78 is 0. The molecule has 0 aromatic heterocycles. The number of rotatable bonds is 2. The van der Waals surface area contributed by atoms with E-state index in [4.69, 9.17) is 0 Å². The van der Waals surface area contributed by atoms with Gasteiger partial charge in [0.1, 0.15) is 0 Å². The summed E-state index contributed by atoms with van der Waals surface area (Å²) in [6.07, 6.45) is 0. The Hall–Kier alpha value is -0.860. The van der Waals surface area contributed by atoms with Crippen LogP contribution in [0, 0.1) is 6.92 Å². The molecule has 0 bridgehead atoms. The van der Waals surface area contributed by atoms with Gasteiger partial charge in [-0.25, -0.2) is 0 Å². The molecule has 0 radical (unpaired) electrons. The summed E-state index contributed by atoms with van der Waals surface area (Å²) in [6.45, 7) is 2.10. The van der Waals surface area contributed by atoms with E-state index in [1.54, 1.807) is 11.8 Å². The molecular formula is C13H12S2. The fraction of sp³-hybridized carbons (Fsp3) is 0.0769. The Balaban J connectivity index is 2.15. The molecule has 2 aromatic carbocycles. The average Bonchev–Trinajstić information content (AvgIpc) is 2.25. The van der Waals surface area contributed by atoms with Gasteiger partial charge >= 0.3 is 0 Å². The quantitative estimate of drug-likeness (QED) is 0.747. The summed E-state index contributed by atoms with van der Waals surface area (Å²) in [5.74, 6) is 0. The topological polar surface area (TPSA) is 0 Å². The predicted octanol–water partition coefficient (Wildman–Crippen LogP) is 4.43. The molecule has 0 spiro atoms. The van der Waals surface area contributed by atoms with Gasteiger partial charge in [-0.05, 0) is 43.3 Å². The molecule has 15 heavy (non-hydrogen) atoms. The van der Waals surface area contributed by atoms with Crippen LogP contribution in [-0.4, -0.2) is 0 Å². The molecule has 0 saturated carbocycles. The van der Waals surface area contributed by atoms with E-state index >= 15 is 0 Å². The van der Waals surface area contributed by atoms with E-state index in [9.17, 15) is 0 Å². The third-order valence-corrected chi connectivity index (χ3v) is 3.41. The summed E-state index contributed by atoms with van der Waals surface area (Å²) in [4.78, 5) is 3.52. The second-order valence-corrected chi connectivity index (χ2v) is 5.07. The number of hydrogen-bond donors (Lipinski definition) is 1. The highest BCUT2D eigenvalue weighted by molar-refractivity contribution is 7.99. The minimum Gasteiger partial charge on any atom is -0.143 e. The van der Waals surface area contributed by atoms with Crippen LogP contribution in [0.3, 0.4) is 0 Å². The fourth-order valence-electron chi connectivity index (χ4n) is 1.26. The first-order valence-corrected chi connectivity index (χ1v) is 6.04. The smallest absolute Gasteiger partial charge is 0.0123 e. The first-order chi connectivity index (χ1) is 7.24. The van der Waals surface area contributed by atoms with Crippen molar-refractivity contribution in [2.24, 2.45) is 0 Å². The molecule has 2 rings (SSSR count). The zero-order valence-corrected chi connectivity index (χ0v) is 10.2. The molecule has 0 unspecified atom stereocenters. The van der Waals surface area contributed by atoms with Crippen LogP contribution in [0.4, 0.5) is 0 Å². The Morgan fingerprint density at radius 3 is 1.80 bits per heavy atom. The standard InChI is InChI=1S/C13H12S2/c1-10-2-6-12(7-3-10)15-13-8-4-11(14)5-9-13/h2-9,14H,1H3. The lowest BCUT2D eigenvalue weighted by molar-refractivity contribution is 1.33. The second-order valence-electron chi connectivity index (χ2n) is 3.41. The number of benzene rings is 2. The Morgan fingerprint density at radius 2 is 1.27 bits per heavy atom. The van der Waals surface area contributed by atoms with Crippen molar-refractivity contribution < 1.29 is 0 Å². The van der Waals surface area contributed by atoms with Gasteiger partial charge in [0.25, 0.3) is 0 Å². The molecule has 0 aliphatic heterocycles. The van der Waals surface area contributed by atoms with Crippen molar-refractivity contribution in [1.82, 2.24) is 0 Å². The van der Waals surface area contributed by atoms with Crippen molar-refractivity contribution in [3.8, 4) is 0 Å². The molecule has 76 valence electrons. The molecule has 0 N–H and O–H groups in total. The van der Waals surface area contributed by atoms with Gasteiger partial charge in [0.05, 0.1) is 0 Å². The third kappa shape index (κ3) is 3.05. The van der Waals surface area contributed by atoms with Gasteiger partial charge in [0.15, 0.2) is 0 Å². The molecule has 0 fully saturated rings. The van der Waals surface area contributed by atoms with Crippen LogP contribution < -0.4 is 0 Å². The maximum atomic E-state index is 4.26. The normalized spacial score (nSPS) is 10.3. The summed E-state index contributed by atoms with van der Waals surface area (Å²) in [7, 11) is 0. The molecule has 2 aromatic rings. The van der Waals surface area contributed by atoms with Gasteiger partial charge in [-0.2, -0.15) is 0 Å². The first-order valence-electron chi connectivity index (χ1n) is 4.77. The van der Waals surface area contributed by atoms with Gasteiger partial charge in [-0.15, -0.1) is 12.6 Å². The number of aryl methyl sites for hydroxylation is 1. The number of thiol groups is 1. The molecule has 0 aliphatic carbocycles. The lowest BCUT2D eigenvalue weighted by Gasteiger charge is -2.02. The second kappa shape index (κ2) is 4.77. The van der Waals surface area contributed by atoms with E-state index in [-0.39, 0.29) is 0 Å². The molecular weight excluding hydrogens is 220 g/mol. The van der Waals surface area contributed by atoms with E-state index in [1.165, 1.54) is 15.4 Å². The monoisotopic (exact) mass is 232 g/mol. The fourth-order valence-corrected chi connectivity index (χ4v) is 2.22. The summed E-state index contributed by atoms with van der Waals surface area (Å²) in [5.41, 5.74) is 1.30. The van der Waals surface area contributed by atoms with Crippen LogP contribution in [0.1, 0.15) is 5.56 Å². The minimum atomic E-state index is 1.00. The van der Waals surface area contributed by atoms with Crippen molar-refractivity contribution in [3.05, 3.63) is 54.1 Å². The molecule has 0 aliphatic rings. The molecule has 0 heterocycles. The van der Waals surface area contributed by atoms with E-state index in [1.807, 2.05) is 12.1 Å². The highest BCUT2D eigenvalue weighted by Gasteiger charge is 1.96. The highest BCUT2D eigenvalue weighted by atomic mass is 32.2. The van der Waals surface area contributed by atoms with E-state index < -0.39 is 0 Å². The SMILES string of the molecule is Cc1ccc(Sc2ccc(S)cc2)cc1. The first kappa shape index (κ1) is 10.7. The third-order valence-electron chi connectivity index (χ3n) is 2.09. The predicted molar refractivity (Wildman–Crippen MR) is 69.0 cm³/mol. The van der Waals surface area contributed by atoms with E-state index in [0.717, 1.165) is 4.90 Å². The minimum absolute atomic E-state index is 1.00. The Labute approximate surface area is 100 Å². The van der Waals surface area contributed by atoms with Crippen molar-refractivity contribution >= 4 is 24.4 Å². The molecule has 0 amide bonds. The number of hydrogen-bond acceptors (Lipinski definition) is 2. The van der Waals surface area contributed by atoms with E-state index in [0.29, 0.717) is 0 Å². The Bertz CT molecular complexity index is 386. The van der Waals surface area contributed by atoms with Crippen molar-refractivity contribution in [3.63, 3.8) is 0 Å². The lowest BCUT2D eigenvalue weighted by atomic mass is 10.2. The van der Waals surface area contributed by atoms with Crippen LogP contribution in [-0.2, 0) is 0 Å². The lowest BCUT2D eigenvalue weighted by Crippen LogP contribution is -1.75. The highest BCUT2D eigenvalue weighted by Crippen LogP contribution is 2.28. The van der Waals surface area contributed by atoms with E-state index in [2.05, 4.69) is 56.0 Å². The summed E-state index contributed by atoms with van der Waals surface area (Å²) >= 11 is 6.03. The van der Waals surface area contributed by atoms with Crippen molar-refractivity contribution in [2.45, 2.75) is 21.6 Å². The molecule has 0 saturated heterocycles. The summed E-state index contributed by atoms with van der Waals surface area (Å²) in [6, 6.07) is 16.8. The largest absolute Gasteiger partial charge is 0.143 e. The van der Waals surface area contributed by atoms with Gasteiger partial charge in [0.2, 0.25) is 0 Å². The van der Waals surface area contributed by atoms with Crippen LogP contribution in [0.2, 0.25) is 0 Å². The zero-order chi connectivity index (χ0) is 10.7. The molecule has 0 nitrogen and oxygen atoms in total. The Morgan fingerprint density at radius 1 is 0.800 bits per heavy atom. The maximum absolute atomic E-state index is 4.26. The van der Waals surface area contributed by atoms with Gasteiger partial charge in [-0.1, -0.05) is 29.5 Å². The Kier molecular flexibility index (Phi) is 3.39. The van der Waals surface area contributed by atoms with Crippen LogP contribution in [0.25, 0.3) is 0 Å². The van der Waals surface area contributed by atoms with Gasteiger partial charge in [0, 0.05) is 14.7 Å². The van der Waals surface area contributed by atoms with Crippen molar-refractivity contribution in [1.29, 1.82) is 0 Å². The molecule has 2 heteroatoms. The van der Waals surface area contributed by atoms with Crippen molar-refractivity contribution in [2.75, 3.05) is 0 Å². The maximum Gasteiger partial charge on any atom is 0.0123 e. The van der Waals surface area contributed by atoms with Gasteiger partial charge < -0.3 is 0 Å². The summed E-state index contributed by atoms with van der Waals surface area (Å²) in [5, 5.41) is 0. The van der Waals surface area contributed by atoms with Crippen LogP contribution in [0.5, 0.6) is 0 Å². The van der Waals surface area contributed by atoms with Crippen LogP contribution in [0.15, 0.2) is 63.2 Å². The van der Waals surface area contributed by atoms with Crippen LogP contribution >= 0.6 is 24.4 Å². The van der Waals surface area contributed by atoms with Gasteiger partial charge in [-0.3, -0.25) is 0 Å². The zero-order valence-electron chi connectivity index (χ0n) is 8.47. The molecule has 0 atom stereocenters.